The summed E-state index contributed by atoms with van der Waals surface area (Å²) in [6.07, 6.45) is -4.12. The van der Waals surface area contributed by atoms with Crippen molar-refractivity contribution >= 4 is 141 Å². The van der Waals surface area contributed by atoms with Crippen LogP contribution in [0.15, 0.2) is 0 Å². The first kappa shape index (κ1) is 38.9. The minimum absolute atomic E-state index is 0. The molecule has 14 heteroatoms. The van der Waals surface area contributed by atoms with Crippen molar-refractivity contribution in [2.45, 2.75) is 22.6 Å². The van der Waals surface area contributed by atoms with Crippen molar-refractivity contribution in [3.63, 3.8) is 0 Å². The third-order valence-electron chi connectivity index (χ3n) is 1.29. The van der Waals surface area contributed by atoms with Gasteiger partial charge in [-0.05, 0) is 0 Å². The number of hydrogen-bond donors (Lipinski definition) is 6. The van der Waals surface area contributed by atoms with Gasteiger partial charge in [-0.2, -0.15) is 0 Å². The molecule has 0 heterocycles. The van der Waals surface area contributed by atoms with Crippen LogP contribution >= 0.6 is 0 Å². The summed E-state index contributed by atoms with van der Waals surface area (Å²) in [6.45, 7) is 0. The van der Waals surface area contributed by atoms with E-state index in [2.05, 4.69) is 4.17 Å². The van der Waals surface area contributed by atoms with Gasteiger partial charge in [0.05, 0.1) is 12.8 Å². The molecule has 112 valence electrons. The fourth-order valence-corrected chi connectivity index (χ4v) is 0.714. The summed E-state index contributed by atoms with van der Waals surface area (Å²) in [7, 11) is 0. The molecular formula is C8H16Na4O10. The molecule has 0 radical (unpaired) electrons. The SMILES string of the molecule is O=C(O)CC(O)(CC(=O)O)C(=O)O.O=C(O)O.[CH3][Na].[NaH].[NaH].[NaH]. The van der Waals surface area contributed by atoms with Gasteiger partial charge in [0.2, 0.25) is 0 Å². The van der Waals surface area contributed by atoms with Crippen LogP contribution < -0.4 is 0 Å². The molecule has 0 aliphatic carbocycles. The van der Waals surface area contributed by atoms with Gasteiger partial charge in [-0.1, -0.05) is 0 Å². The topological polar surface area (TPSA) is 190 Å². The van der Waals surface area contributed by atoms with Crippen molar-refractivity contribution < 1.29 is 49.8 Å². The molecule has 0 bridgehead atoms. The van der Waals surface area contributed by atoms with E-state index in [1.165, 1.54) is 27.9 Å². The average Bonchev–Trinajstić information content (AvgIpc) is 2.16. The first-order chi connectivity index (χ1) is 8.51. The van der Waals surface area contributed by atoms with E-state index in [9.17, 15) is 14.4 Å². The van der Waals surface area contributed by atoms with E-state index in [4.69, 9.17) is 35.4 Å². The van der Waals surface area contributed by atoms with Gasteiger partial charge in [0, 0.05) is 0 Å². The monoisotopic (exact) mass is 364 g/mol. The number of carboxylic acids is 3. The van der Waals surface area contributed by atoms with E-state index in [1.807, 2.05) is 0 Å². The van der Waals surface area contributed by atoms with Gasteiger partial charge in [-0.15, -0.1) is 0 Å². The fraction of sp³-hybridized carbons (Fsp3) is 0.500. The molecule has 22 heavy (non-hydrogen) atoms. The molecule has 10 nitrogen and oxygen atoms in total. The van der Waals surface area contributed by atoms with Gasteiger partial charge in [-0.3, -0.25) is 9.59 Å². The molecule has 0 aliphatic heterocycles. The first-order valence-corrected chi connectivity index (χ1v) is 6.82. The van der Waals surface area contributed by atoms with Crippen molar-refractivity contribution in [1.82, 2.24) is 0 Å². The molecule has 0 amide bonds. The molecule has 0 aliphatic rings. The van der Waals surface area contributed by atoms with Crippen LogP contribution in [0, 0.1) is 0 Å². The van der Waals surface area contributed by atoms with E-state index >= 15 is 0 Å². The average molecular weight is 364 g/mol. The van der Waals surface area contributed by atoms with Gasteiger partial charge in [0.1, 0.15) is 0 Å². The minimum atomic E-state index is -2.74. The Balaban J connectivity index is -0.0000000620. The normalized spacial score (nSPS) is 7.82. The molecule has 0 atom stereocenters. The summed E-state index contributed by atoms with van der Waals surface area (Å²) in [4.78, 5) is 39.0. The van der Waals surface area contributed by atoms with Gasteiger partial charge < -0.3 is 30.6 Å². The van der Waals surface area contributed by atoms with E-state index in [0.29, 0.717) is 0 Å². The quantitative estimate of drug-likeness (QED) is 0.278. The van der Waals surface area contributed by atoms with Crippen molar-refractivity contribution in [2.75, 3.05) is 0 Å². The van der Waals surface area contributed by atoms with Crippen LogP contribution in [-0.2, 0) is 14.4 Å². The molecule has 0 aromatic carbocycles. The first-order valence-electron chi connectivity index (χ1n) is 4.82. The van der Waals surface area contributed by atoms with E-state index in [-0.39, 0.29) is 88.7 Å². The fourth-order valence-electron chi connectivity index (χ4n) is 0.714. The Morgan fingerprint density at radius 3 is 1.05 bits per heavy atom. The molecule has 6 N–H and O–H groups in total. The van der Waals surface area contributed by atoms with Crippen molar-refractivity contribution in [3.05, 3.63) is 0 Å². The molecule has 0 saturated carbocycles. The predicted octanol–water partition coefficient (Wildman–Crippen LogP) is -2.77. The Morgan fingerprint density at radius 2 is 0.955 bits per heavy atom. The summed E-state index contributed by atoms with van der Waals surface area (Å²) in [6, 6.07) is 0. The van der Waals surface area contributed by atoms with Crippen molar-refractivity contribution in [2.24, 2.45) is 0 Å². The van der Waals surface area contributed by atoms with Crippen LogP contribution in [0.1, 0.15) is 12.8 Å². The molecule has 0 aromatic heterocycles. The van der Waals surface area contributed by atoms with Crippen LogP contribution in [0.5, 0.6) is 0 Å². The third-order valence-corrected chi connectivity index (χ3v) is 1.29. The van der Waals surface area contributed by atoms with Gasteiger partial charge in [0.25, 0.3) is 0 Å². The van der Waals surface area contributed by atoms with E-state index in [1.54, 1.807) is 0 Å². The van der Waals surface area contributed by atoms with E-state index in [0.717, 1.165) is 0 Å². The van der Waals surface area contributed by atoms with Crippen molar-refractivity contribution in [3.8, 4) is 0 Å². The summed E-state index contributed by atoms with van der Waals surface area (Å²) in [5.41, 5.74) is -2.74. The number of rotatable bonds is 5. The number of aliphatic carboxylic acids is 3. The predicted molar refractivity (Wildman–Crippen MR) is 80.8 cm³/mol. The zero-order chi connectivity index (χ0) is 16.2. The summed E-state index contributed by atoms with van der Waals surface area (Å²) < 4.78 is 2.14. The molecule has 0 fully saturated rings. The zero-order valence-electron chi connectivity index (χ0n) is 10.2. The second-order valence-electron chi connectivity index (χ2n) is 2.76. The summed E-state index contributed by atoms with van der Waals surface area (Å²) >= 11 is 1.31. The number of carbonyl (C=O) groups is 4. The van der Waals surface area contributed by atoms with Gasteiger partial charge in [0.15, 0.2) is 5.60 Å². The number of carboxylic acid groups (broad SMARTS) is 5. The van der Waals surface area contributed by atoms with Crippen LogP contribution in [0.25, 0.3) is 0 Å². The molecule has 0 spiro atoms. The molecule has 0 aromatic rings. The number of hydrogen-bond acceptors (Lipinski definition) is 5. The Hall–Kier alpha value is 1.64. The Bertz CT molecular complexity index is 315. The second kappa shape index (κ2) is 22.6. The summed E-state index contributed by atoms with van der Waals surface area (Å²) in [5.74, 6) is -5.02. The van der Waals surface area contributed by atoms with Crippen LogP contribution in [0.4, 0.5) is 4.79 Å². The van der Waals surface area contributed by atoms with Crippen molar-refractivity contribution in [1.29, 1.82) is 0 Å². The second-order valence-corrected chi connectivity index (χ2v) is 2.76. The zero-order valence-corrected chi connectivity index (χ0v) is 12.2. The Labute approximate surface area is 209 Å². The van der Waals surface area contributed by atoms with Gasteiger partial charge in [-0.25, -0.2) is 9.59 Å². The maximum absolute atomic E-state index is 10.3. The number of aliphatic hydroxyl groups is 1. The van der Waals surface area contributed by atoms with Crippen LogP contribution in [0.3, 0.4) is 0 Å². The Kier molecular flexibility index (Phi) is 40.1. The molecule has 0 unspecified atom stereocenters. The van der Waals surface area contributed by atoms with Crippen LogP contribution in [-0.4, -0.2) is 177 Å². The van der Waals surface area contributed by atoms with Crippen LogP contribution in [0.2, 0.25) is 4.17 Å². The third kappa shape index (κ3) is 29.6. The molecular weight excluding hydrogens is 348 g/mol. The van der Waals surface area contributed by atoms with E-state index < -0.39 is 42.5 Å². The standard InChI is InChI=1S/C6H8O7.CH2O3.CH3.4Na.3H/c7-3(8)1-6(13,5(11)12)2-4(9)10;2-1(3)4;;;;;;;;/h13H,1-2H2,(H,7,8)(H,9,10)(H,11,12);(H2,2,3,4);1H3;;;;;;;. The molecule has 0 rings (SSSR count). The molecule has 0 saturated heterocycles. The summed E-state index contributed by atoms with van der Waals surface area (Å²) in [5, 5.41) is 47.8. The van der Waals surface area contributed by atoms with Gasteiger partial charge >= 0.3 is 145 Å². The Morgan fingerprint density at radius 1 is 0.773 bits per heavy atom. The maximum atomic E-state index is 10.3.